The first-order chi connectivity index (χ1) is 8.11. The second kappa shape index (κ2) is 4.91. The Morgan fingerprint density at radius 1 is 1.35 bits per heavy atom. The van der Waals surface area contributed by atoms with Gasteiger partial charge in [-0.2, -0.15) is 0 Å². The lowest BCUT2D eigenvalue weighted by molar-refractivity contribution is -0.120. The molecule has 0 heterocycles. The number of ether oxygens (including phenoxy) is 1. The summed E-state index contributed by atoms with van der Waals surface area (Å²) in [6.45, 7) is 4.15. The highest BCUT2D eigenvalue weighted by atomic mass is 16.5. The van der Waals surface area contributed by atoms with Crippen molar-refractivity contribution < 1.29 is 9.53 Å². The third-order valence-electron chi connectivity index (χ3n) is 3.45. The molecule has 1 aromatic carbocycles. The first kappa shape index (κ1) is 12.2. The summed E-state index contributed by atoms with van der Waals surface area (Å²) in [7, 11) is 1.69. The van der Waals surface area contributed by atoms with Crippen molar-refractivity contribution in [1.82, 2.24) is 0 Å². The summed E-state index contributed by atoms with van der Waals surface area (Å²) in [5, 5.41) is 0. The zero-order valence-corrected chi connectivity index (χ0v) is 10.9. The highest BCUT2D eigenvalue weighted by molar-refractivity contribution is 5.83. The van der Waals surface area contributed by atoms with Crippen LogP contribution in [0.2, 0.25) is 0 Å². The van der Waals surface area contributed by atoms with E-state index in [1.54, 1.807) is 7.11 Å². The van der Waals surface area contributed by atoms with Gasteiger partial charge in [-0.3, -0.25) is 4.79 Å². The number of methoxy groups -OCH3 is 1. The van der Waals surface area contributed by atoms with Gasteiger partial charge in [0.2, 0.25) is 0 Å². The van der Waals surface area contributed by atoms with Gasteiger partial charge in [0.1, 0.15) is 11.5 Å². The van der Waals surface area contributed by atoms with Crippen molar-refractivity contribution in [2.75, 3.05) is 7.11 Å². The van der Waals surface area contributed by atoms with E-state index in [9.17, 15) is 4.79 Å². The molecule has 0 bridgehead atoms. The van der Waals surface area contributed by atoms with Crippen LogP contribution >= 0.6 is 0 Å². The monoisotopic (exact) mass is 232 g/mol. The standard InChI is InChI=1S/C15H20O2/c1-10-8-11(2)13(15(9-10)17-3)6-7-14(16)12-4-5-12/h8-9,12H,4-7H2,1-3H3. The number of hydrogen-bond donors (Lipinski definition) is 0. The Balaban J connectivity index is 2.10. The second-order valence-electron chi connectivity index (χ2n) is 5.00. The molecule has 0 amide bonds. The Morgan fingerprint density at radius 3 is 2.65 bits per heavy atom. The number of Topliss-reactive ketones (excluding diaryl/α,β-unsaturated/α-hetero) is 1. The van der Waals surface area contributed by atoms with Crippen molar-refractivity contribution in [3.63, 3.8) is 0 Å². The predicted molar refractivity (Wildman–Crippen MR) is 68.5 cm³/mol. The number of carbonyl (C=O) groups excluding carboxylic acids is 1. The molecule has 1 aliphatic carbocycles. The van der Waals surface area contributed by atoms with Crippen molar-refractivity contribution in [2.45, 2.75) is 39.5 Å². The van der Waals surface area contributed by atoms with E-state index < -0.39 is 0 Å². The number of ketones is 1. The molecule has 2 nitrogen and oxygen atoms in total. The van der Waals surface area contributed by atoms with Gasteiger partial charge in [-0.05, 0) is 55.9 Å². The molecule has 92 valence electrons. The van der Waals surface area contributed by atoms with Crippen LogP contribution in [0.1, 0.15) is 36.0 Å². The number of carbonyl (C=O) groups is 1. The molecule has 1 saturated carbocycles. The molecule has 17 heavy (non-hydrogen) atoms. The minimum atomic E-state index is 0.367. The molecule has 0 spiro atoms. The van der Waals surface area contributed by atoms with Crippen LogP contribution in [-0.4, -0.2) is 12.9 Å². The molecule has 2 heteroatoms. The molecular formula is C15H20O2. The van der Waals surface area contributed by atoms with Crippen LogP contribution in [-0.2, 0) is 11.2 Å². The Labute approximate surface area is 103 Å². The second-order valence-corrected chi connectivity index (χ2v) is 5.00. The lowest BCUT2D eigenvalue weighted by Crippen LogP contribution is -2.04. The highest BCUT2D eigenvalue weighted by Gasteiger charge is 2.28. The van der Waals surface area contributed by atoms with E-state index in [0.29, 0.717) is 18.1 Å². The predicted octanol–water partition coefficient (Wildman–Crippen LogP) is 3.22. The fourth-order valence-electron chi connectivity index (χ4n) is 2.32. The Bertz CT molecular complexity index is 431. The van der Waals surface area contributed by atoms with Crippen LogP contribution in [0.15, 0.2) is 12.1 Å². The topological polar surface area (TPSA) is 26.3 Å². The van der Waals surface area contributed by atoms with Gasteiger partial charge in [0.15, 0.2) is 0 Å². The summed E-state index contributed by atoms with van der Waals surface area (Å²) in [6, 6.07) is 4.20. The van der Waals surface area contributed by atoms with E-state index in [1.807, 2.05) is 6.07 Å². The van der Waals surface area contributed by atoms with E-state index in [0.717, 1.165) is 25.0 Å². The van der Waals surface area contributed by atoms with Crippen LogP contribution in [0.3, 0.4) is 0 Å². The van der Waals surface area contributed by atoms with Gasteiger partial charge in [-0.15, -0.1) is 0 Å². The molecule has 0 unspecified atom stereocenters. The first-order valence-corrected chi connectivity index (χ1v) is 6.28. The zero-order chi connectivity index (χ0) is 12.4. The summed E-state index contributed by atoms with van der Waals surface area (Å²) in [6.07, 6.45) is 3.67. The van der Waals surface area contributed by atoms with E-state index in [-0.39, 0.29) is 0 Å². The Hall–Kier alpha value is -1.31. The maximum atomic E-state index is 11.7. The number of benzene rings is 1. The van der Waals surface area contributed by atoms with Crippen molar-refractivity contribution in [1.29, 1.82) is 0 Å². The summed E-state index contributed by atoms with van der Waals surface area (Å²) in [4.78, 5) is 11.7. The fourth-order valence-corrected chi connectivity index (χ4v) is 2.32. The molecule has 1 fully saturated rings. The molecule has 0 aromatic heterocycles. The van der Waals surface area contributed by atoms with Crippen LogP contribution in [0, 0.1) is 19.8 Å². The van der Waals surface area contributed by atoms with Gasteiger partial charge in [0, 0.05) is 12.3 Å². The largest absolute Gasteiger partial charge is 0.496 e. The average Bonchev–Trinajstić information content (AvgIpc) is 3.10. The van der Waals surface area contributed by atoms with Gasteiger partial charge in [0.25, 0.3) is 0 Å². The summed E-state index contributed by atoms with van der Waals surface area (Å²) >= 11 is 0. The van der Waals surface area contributed by atoms with Gasteiger partial charge in [-0.25, -0.2) is 0 Å². The molecule has 0 atom stereocenters. The fraction of sp³-hybridized carbons (Fsp3) is 0.533. The zero-order valence-electron chi connectivity index (χ0n) is 10.9. The smallest absolute Gasteiger partial charge is 0.136 e. The van der Waals surface area contributed by atoms with E-state index in [2.05, 4.69) is 19.9 Å². The SMILES string of the molecule is COc1cc(C)cc(C)c1CCC(=O)C1CC1. The van der Waals surface area contributed by atoms with Crippen LogP contribution in [0.25, 0.3) is 0 Å². The third kappa shape index (κ3) is 2.87. The van der Waals surface area contributed by atoms with Gasteiger partial charge in [0.05, 0.1) is 7.11 Å². The summed E-state index contributed by atoms with van der Waals surface area (Å²) in [5.74, 6) is 1.71. The van der Waals surface area contributed by atoms with Crippen molar-refractivity contribution in [3.8, 4) is 5.75 Å². The minimum absolute atomic E-state index is 0.367. The van der Waals surface area contributed by atoms with E-state index in [4.69, 9.17) is 4.74 Å². The van der Waals surface area contributed by atoms with E-state index >= 15 is 0 Å². The van der Waals surface area contributed by atoms with Gasteiger partial charge >= 0.3 is 0 Å². The molecule has 0 saturated heterocycles. The molecule has 1 aromatic rings. The molecule has 2 rings (SSSR count). The maximum absolute atomic E-state index is 11.7. The maximum Gasteiger partial charge on any atom is 0.136 e. The van der Waals surface area contributed by atoms with Gasteiger partial charge in [-0.1, -0.05) is 6.07 Å². The Morgan fingerprint density at radius 2 is 2.06 bits per heavy atom. The van der Waals surface area contributed by atoms with Crippen LogP contribution in [0.4, 0.5) is 0 Å². The minimum Gasteiger partial charge on any atom is -0.496 e. The normalized spacial score (nSPS) is 14.8. The molecular weight excluding hydrogens is 212 g/mol. The van der Waals surface area contributed by atoms with Crippen molar-refractivity contribution >= 4 is 5.78 Å². The van der Waals surface area contributed by atoms with E-state index in [1.165, 1.54) is 16.7 Å². The number of aryl methyl sites for hydroxylation is 2. The van der Waals surface area contributed by atoms with Crippen molar-refractivity contribution in [2.24, 2.45) is 5.92 Å². The van der Waals surface area contributed by atoms with Crippen LogP contribution < -0.4 is 4.74 Å². The quantitative estimate of drug-likeness (QED) is 0.779. The number of rotatable bonds is 5. The highest BCUT2D eigenvalue weighted by Crippen LogP contribution is 2.32. The first-order valence-electron chi connectivity index (χ1n) is 6.28. The lowest BCUT2D eigenvalue weighted by atomic mass is 9.98. The van der Waals surface area contributed by atoms with Gasteiger partial charge < -0.3 is 4.74 Å². The Kier molecular flexibility index (Phi) is 3.51. The van der Waals surface area contributed by atoms with Crippen LogP contribution in [0.5, 0.6) is 5.75 Å². The number of hydrogen-bond acceptors (Lipinski definition) is 2. The lowest BCUT2D eigenvalue weighted by Gasteiger charge is -2.12. The average molecular weight is 232 g/mol. The molecule has 1 aliphatic rings. The summed E-state index contributed by atoms with van der Waals surface area (Å²) < 4.78 is 5.40. The molecule has 0 aliphatic heterocycles. The molecule has 0 N–H and O–H groups in total. The summed E-state index contributed by atoms with van der Waals surface area (Å²) in [5.41, 5.74) is 3.62. The van der Waals surface area contributed by atoms with Crippen molar-refractivity contribution in [3.05, 3.63) is 28.8 Å². The molecule has 0 radical (unpaired) electrons. The third-order valence-corrected chi connectivity index (χ3v) is 3.45.